The van der Waals surface area contributed by atoms with Crippen molar-refractivity contribution in [2.45, 2.75) is 40.0 Å². The van der Waals surface area contributed by atoms with Crippen LogP contribution in [0, 0.1) is 12.8 Å². The lowest BCUT2D eigenvalue weighted by Gasteiger charge is -2.09. The molecule has 1 aliphatic rings. The minimum absolute atomic E-state index is 0.310. The van der Waals surface area contributed by atoms with Crippen LogP contribution >= 0.6 is 0 Å². The molecule has 0 aromatic carbocycles. The zero-order valence-electron chi connectivity index (χ0n) is 14.0. The Bertz CT molecular complexity index is 670. The normalized spacial score (nSPS) is 16.0. The van der Waals surface area contributed by atoms with Crippen LogP contribution in [0.2, 0.25) is 0 Å². The largest absolute Gasteiger partial charge is 0.289 e. The molecule has 1 aromatic rings. The zero-order valence-corrected chi connectivity index (χ0v) is 14.0. The number of aryl methyl sites for hydroxylation is 1. The van der Waals surface area contributed by atoms with Gasteiger partial charge < -0.3 is 0 Å². The van der Waals surface area contributed by atoms with Gasteiger partial charge in [0.1, 0.15) is 5.69 Å². The minimum atomic E-state index is -0.404. The van der Waals surface area contributed by atoms with Crippen LogP contribution < -0.4 is 11.3 Å². The van der Waals surface area contributed by atoms with Crippen molar-refractivity contribution >= 4 is 17.2 Å². The summed E-state index contributed by atoms with van der Waals surface area (Å²) in [6.07, 6.45) is 10.8. The molecule has 0 aliphatic heterocycles. The number of carbonyl (C=O) groups is 1. The van der Waals surface area contributed by atoms with Gasteiger partial charge in [0, 0.05) is 29.2 Å². The number of carbonyl (C=O) groups excluding carboxylic acids is 1. The number of nitrogens with two attached hydrogens (primary N) is 1. The molecule has 0 saturated heterocycles. The summed E-state index contributed by atoms with van der Waals surface area (Å²) in [7, 11) is 0. The summed E-state index contributed by atoms with van der Waals surface area (Å²) in [4.78, 5) is 20.8. The number of pyridine rings is 1. The molecule has 0 spiro atoms. The Labute approximate surface area is 137 Å². The predicted molar refractivity (Wildman–Crippen MR) is 93.9 cm³/mol. The van der Waals surface area contributed by atoms with E-state index in [1.54, 1.807) is 6.20 Å². The molecule has 2 rings (SSSR count). The van der Waals surface area contributed by atoms with Gasteiger partial charge in [-0.05, 0) is 50.7 Å². The van der Waals surface area contributed by atoms with Gasteiger partial charge in [0.15, 0.2) is 0 Å². The van der Waals surface area contributed by atoms with Crippen molar-refractivity contribution in [1.82, 2.24) is 10.4 Å². The van der Waals surface area contributed by atoms with Gasteiger partial charge in [-0.2, -0.15) is 0 Å². The Morgan fingerprint density at radius 2 is 2.26 bits per heavy atom. The maximum absolute atomic E-state index is 12.0. The topological polar surface area (TPSA) is 80.4 Å². The predicted octanol–water partition coefficient (Wildman–Crippen LogP) is 3.17. The lowest BCUT2D eigenvalue weighted by Crippen LogP contribution is -2.31. The second kappa shape index (κ2) is 7.83. The van der Waals surface area contributed by atoms with Crippen molar-refractivity contribution in [2.75, 3.05) is 0 Å². The summed E-state index contributed by atoms with van der Waals surface area (Å²) in [5, 5.41) is 0. The molecule has 1 aliphatic carbocycles. The zero-order chi connectivity index (χ0) is 16.8. The van der Waals surface area contributed by atoms with Crippen molar-refractivity contribution in [2.24, 2.45) is 16.8 Å². The third-order valence-corrected chi connectivity index (χ3v) is 3.79. The first-order valence-corrected chi connectivity index (χ1v) is 7.95. The molecular formula is C18H24N4O. The summed E-state index contributed by atoms with van der Waals surface area (Å²) in [6.45, 7) is 6.06. The summed E-state index contributed by atoms with van der Waals surface area (Å²) < 4.78 is 0. The van der Waals surface area contributed by atoms with Crippen LogP contribution in [0.5, 0.6) is 0 Å². The fraction of sp³-hybridized carbons (Fsp3) is 0.389. The lowest BCUT2D eigenvalue weighted by molar-refractivity contribution is 0.0948. The fourth-order valence-electron chi connectivity index (χ4n) is 2.26. The molecule has 0 atom stereocenters. The van der Waals surface area contributed by atoms with Crippen LogP contribution in [0.4, 0.5) is 0 Å². The molecule has 0 radical (unpaired) electrons. The molecule has 1 saturated carbocycles. The van der Waals surface area contributed by atoms with Crippen LogP contribution in [0.25, 0.3) is 5.57 Å². The first kappa shape index (κ1) is 17.1. The van der Waals surface area contributed by atoms with E-state index in [9.17, 15) is 4.79 Å². The molecule has 122 valence electrons. The molecule has 1 amide bonds. The number of hydrazine groups is 1. The number of amides is 1. The van der Waals surface area contributed by atoms with Crippen molar-refractivity contribution in [3.8, 4) is 0 Å². The van der Waals surface area contributed by atoms with Crippen molar-refractivity contribution in [3.63, 3.8) is 0 Å². The monoisotopic (exact) mass is 312 g/mol. The van der Waals surface area contributed by atoms with Gasteiger partial charge in [0.25, 0.3) is 5.91 Å². The summed E-state index contributed by atoms with van der Waals surface area (Å²) in [5.41, 5.74) is 6.19. The maximum Gasteiger partial charge on any atom is 0.284 e. The van der Waals surface area contributed by atoms with Gasteiger partial charge in [-0.1, -0.05) is 19.1 Å². The van der Waals surface area contributed by atoms with Crippen molar-refractivity contribution < 1.29 is 4.79 Å². The molecule has 5 heteroatoms. The van der Waals surface area contributed by atoms with E-state index in [1.165, 1.54) is 12.8 Å². The van der Waals surface area contributed by atoms with Gasteiger partial charge in [0.2, 0.25) is 0 Å². The van der Waals surface area contributed by atoms with Crippen LogP contribution in [0.3, 0.4) is 0 Å². The van der Waals surface area contributed by atoms with Crippen LogP contribution in [-0.4, -0.2) is 16.6 Å². The van der Waals surface area contributed by atoms with Crippen molar-refractivity contribution in [3.05, 3.63) is 47.4 Å². The van der Waals surface area contributed by atoms with Crippen LogP contribution in [-0.2, 0) is 0 Å². The smallest absolute Gasteiger partial charge is 0.284 e. The Hall–Kier alpha value is -2.27. The van der Waals surface area contributed by atoms with Crippen molar-refractivity contribution in [1.29, 1.82) is 0 Å². The number of nitrogens with one attached hydrogen (secondary N) is 1. The van der Waals surface area contributed by atoms with E-state index in [4.69, 9.17) is 5.84 Å². The molecule has 1 heterocycles. The highest BCUT2D eigenvalue weighted by Crippen LogP contribution is 2.31. The van der Waals surface area contributed by atoms with E-state index in [-0.39, 0.29) is 0 Å². The van der Waals surface area contributed by atoms with Crippen LogP contribution in [0.1, 0.15) is 54.7 Å². The SMILES string of the molecule is CC/C=C\C(=C/N=C(C)C1CC1)c1cc(C)cnc1C(=O)NN. The first-order valence-electron chi connectivity index (χ1n) is 7.95. The quantitative estimate of drug-likeness (QED) is 0.278. The number of nitrogen functional groups attached to an aromatic ring is 1. The van der Waals surface area contributed by atoms with Gasteiger partial charge in [-0.15, -0.1) is 0 Å². The number of hydrogen-bond donors (Lipinski definition) is 2. The Morgan fingerprint density at radius 1 is 1.52 bits per heavy atom. The van der Waals surface area contributed by atoms with E-state index in [1.807, 2.05) is 31.3 Å². The van der Waals surface area contributed by atoms with E-state index < -0.39 is 5.91 Å². The number of allylic oxidation sites excluding steroid dienone is 3. The first-order chi connectivity index (χ1) is 11.1. The number of aromatic nitrogens is 1. The lowest BCUT2D eigenvalue weighted by atomic mass is 10.0. The summed E-state index contributed by atoms with van der Waals surface area (Å²) >= 11 is 0. The standard InChI is InChI=1S/C18H24N4O/c1-4-5-6-15(11-20-13(3)14-7-8-14)16-9-12(2)10-21-17(16)18(23)22-19/h5-6,9-11,14H,4,7-8,19H2,1-3H3,(H,22,23)/b6-5-,15-11+,20-13?. The number of hydrogen-bond acceptors (Lipinski definition) is 4. The Morgan fingerprint density at radius 3 is 2.87 bits per heavy atom. The molecule has 1 aromatic heterocycles. The third-order valence-electron chi connectivity index (χ3n) is 3.79. The van der Waals surface area contributed by atoms with Gasteiger partial charge >= 0.3 is 0 Å². The van der Waals surface area contributed by atoms with E-state index in [2.05, 4.69) is 29.2 Å². The van der Waals surface area contributed by atoms with Crippen LogP contribution in [0.15, 0.2) is 35.6 Å². The number of rotatable bonds is 6. The van der Waals surface area contributed by atoms with Gasteiger partial charge in [-0.3, -0.25) is 20.2 Å². The highest BCUT2D eigenvalue weighted by molar-refractivity contribution is 5.98. The highest BCUT2D eigenvalue weighted by atomic mass is 16.2. The minimum Gasteiger partial charge on any atom is -0.289 e. The molecule has 0 bridgehead atoms. The summed E-state index contributed by atoms with van der Waals surface area (Å²) in [6, 6.07) is 1.94. The Balaban J connectivity index is 2.48. The Kier molecular flexibility index (Phi) is 5.82. The molecule has 0 unspecified atom stereocenters. The second-order valence-electron chi connectivity index (χ2n) is 5.82. The second-order valence-corrected chi connectivity index (χ2v) is 5.82. The van der Waals surface area contributed by atoms with Gasteiger partial charge in [0.05, 0.1) is 0 Å². The molecule has 1 fully saturated rings. The average molecular weight is 312 g/mol. The fourth-order valence-corrected chi connectivity index (χ4v) is 2.26. The van der Waals surface area contributed by atoms with Gasteiger partial charge in [-0.25, -0.2) is 5.84 Å². The summed E-state index contributed by atoms with van der Waals surface area (Å²) in [5.74, 6) is 5.49. The molecular weight excluding hydrogens is 288 g/mol. The molecule has 23 heavy (non-hydrogen) atoms. The molecule has 5 nitrogen and oxygen atoms in total. The third kappa shape index (κ3) is 4.60. The number of aliphatic imine (C=N–C) groups is 1. The van der Waals surface area contributed by atoms with E-state index >= 15 is 0 Å². The highest BCUT2D eigenvalue weighted by Gasteiger charge is 2.24. The number of nitrogens with zero attached hydrogens (tertiary/aromatic N) is 2. The maximum atomic E-state index is 12.0. The van der Waals surface area contributed by atoms with E-state index in [0.29, 0.717) is 11.6 Å². The average Bonchev–Trinajstić information content (AvgIpc) is 3.39. The molecule has 3 N–H and O–H groups in total. The van der Waals surface area contributed by atoms with E-state index in [0.717, 1.165) is 28.8 Å².